The molecule has 0 spiro atoms. The van der Waals surface area contributed by atoms with E-state index in [9.17, 15) is 18.3 Å². The van der Waals surface area contributed by atoms with Gasteiger partial charge in [0.1, 0.15) is 28.4 Å². The second-order valence-electron chi connectivity index (χ2n) is 11.7. The third-order valence-electron chi connectivity index (χ3n) is 8.86. The molecule has 45 heavy (non-hydrogen) atoms. The van der Waals surface area contributed by atoms with Crippen LogP contribution >= 0.6 is 0 Å². The van der Waals surface area contributed by atoms with E-state index in [0.717, 1.165) is 31.6 Å². The summed E-state index contributed by atoms with van der Waals surface area (Å²) in [6.45, 7) is 5.67. The summed E-state index contributed by atoms with van der Waals surface area (Å²) in [5.41, 5.74) is 2.38. The van der Waals surface area contributed by atoms with Crippen LogP contribution in [-0.2, 0) is 23.1 Å². The Bertz CT molecular complexity index is 1810. The Morgan fingerprint density at radius 1 is 1.11 bits per heavy atom. The Morgan fingerprint density at radius 2 is 1.89 bits per heavy atom. The van der Waals surface area contributed by atoms with Gasteiger partial charge in [0, 0.05) is 49.1 Å². The molecule has 1 saturated carbocycles. The van der Waals surface area contributed by atoms with Crippen LogP contribution in [-0.4, -0.2) is 76.7 Å². The van der Waals surface area contributed by atoms with Gasteiger partial charge in [-0.1, -0.05) is 20.3 Å². The number of ether oxygens (including phenoxy) is 1. The molecule has 1 aromatic heterocycles. The van der Waals surface area contributed by atoms with Crippen molar-refractivity contribution in [2.45, 2.75) is 70.9 Å². The van der Waals surface area contributed by atoms with Crippen molar-refractivity contribution in [1.82, 2.24) is 14.9 Å². The van der Waals surface area contributed by atoms with E-state index in [1.165, 1.54) is 37.5 Å². The number of nitrogens with zero attached hydrogens (tertiary/aromatic N) is 4. The first-order valence-electron chi connectivity index (χ1n) is 15.5. The van der Waals surface area contributed by atoms with Gasteiger partial charge in [-0.2, -0.15) is 8.42 Å². The molecule has 1 saturated heterocycles. The topological polar surface area (TPSA) is 134 Å². The molecule has 0 unspecified atom stereocenters. The van der Waals surface area contributed by atoms with Gasteiger partial charge in [0.25, 0.3) is 0 Å². The van der Waals surface area contributed by atoms with Crippen LogP contribution in [0, 0.1) is 5.82 Å². The van der Waals surface area contributed by atoms with Crippen LogP contribution in [0.4, 0.5) is 15.8 Å². The van der Waals surface area contributed by atoms with Crippen LogP contribution in [0.25, 0.3) is 11.1 Å². The Hall–Kier alpha value is -4.16. The molecule has 0 atom stereocenters. The predicted octanol–water partition coefficient (Wildman–Crippen LogP) is 5.10. The number of hydrogen-bond donors (Lipinski definition) is 2. The van der Waals surface area contributed by atoms with E-state index in [0.29, 0.717) is 47.3 Å². The molecule has 0 bridgehead atoms. The van der Waals surface area contributed by atoms with Gasteiger partial charge < -0.3 is 20.1 Å². The summed E-state index contributed by atoms with van der Waals surface area (Å²) in [7, 11) is -2.72. The first-order valence-corrected chi connectivity index (χ1v) is 16.6. The van der Waals surface area contributed by atoms with Crippen molar-refractivity contribution in [1.29, 1.82) is 0 Å². The maximum atomic E-state index is 16.0. The highest BCUT2D eigenvalue weighted by Crippen LogP contribution is 2.35. The van der Waals surface area contributed by atoms with Crippen LogP contribution in [0.3, 0.4) is 0 Å². The van der Waals surface area contributed by atoms with Gasteiger partial charge in [0.05, 0.1) is 34.8 Å². The van der Waals surface area contributed by atoms with Gasteiger partial charge >= 0.3 is 5.97 Å². The predicted molar refractivity (Wildman–Crippen MR) is 171 cm³/mol. The normalized spacial score (nSPS) is 18.3. The SMILES string of the molecule is CCc1ncc(-c2cc(F)c3c(c2)NCC(=S(=O)=O)C3=Nc2cc(OC3CCN(C4CCC4)CC3)cc(C(=O)O)c2)c(CC)n1. The lowest BCUT2D eigenvalue weighted by atomic mass is 9.90. The highest BCUT2D eigenvalue weighted by Gasteiger charge is 2.30. The number of likely N-dealkylation sites (tertiary alicyclic amines) is 1. The van der Waals surface area contributed by atoms with Crippen LogP contribution in [0.1, 0.15) is 73.4 Å². The monoisotopic (exact) mass is 633 g/mol. The molecule has 6 rings (SSSR count). The van der Waals surface area contributed by atoms with Crippen molar-refractivity contribution in [3.05, 3.63) is 65.0 Å². The second kappa shape index (κ2) is 13.1. The van der Waals surface area contributed by atoms with Crippen molar-refractivity contribution in [3.8, 4) is 16.9 Å². The van der Waals surface area contributed by atoms with E-state index in [1.54, 1.807) is 18.3 Å². The number of benzene rings is 2. The number of aromatic nitrogens is 2. The number of anilines is 1. The molecule has 1 aliphatic carbocycles. The summed E-state index contributed by atoms with van der Waals surface area (Å²) in [5, 5.41) is 12.9. The van der Waals surface area contributed by atoms with Gasteiger partial charge in [0.2, 0.25) is 10.3 Å². The number of hydrogen-bond acceptors (Lipinski definition) is 9. The van der Waals surface area contributed by atoms with Gasteiger partial charge in [-0.3, -0.25) is 0 Å². The number of rotatable bonds is 8. The van der Waals surface area contributed by atoms with Gasteiger partial charge in [-0.25, -0.2) is 24.1 Å². The molecule has 236 valence electrons. The zero-order valence-electron chi connectivity index (χ0n) is 25.3. The van der Waals surface area contributed by atoms with Crippen molar-refractivity contribution < 1.29 is 27.4 Å². The second-order valence-corrected chi connectivity index (χ2v) is 12.6. The van der Waals surface area contributed by atoms with Crippen LogP contribution in [0.15, 0.2) is 41.5 Å². The van der Waals surface area contributed by atoms with Gasteiger partial charge in [-0.15, -0.1) is 0 Å². The number of aromatic carboxylic acids is 1. The maximum Gasteiger partial charge on any atom is 0.335 e. The highest BCUT2D eigenvalue weighted by atomic mass is 32.2. The van der Waals surface area contributed by atoms with E-state index < -0.39 is 22.1 Å². The van der Waals surface area contributed by atoms with Crippen molar-refractivity contribution in [3.63, 3.8) is 0 Å². The van der Waals surface area contributed by atoms with Crippen LogP contribution in [0.5, 0.6) is 5.75 Å². The minimum absolute atomic E-state index is 0.0140. The first kappa shape index (κ1) is 30.8. The number of carboxylic acid groups (broad SMARTS) is 1. The average Bonchev–Trinajstić information content (AvgIpc) is 3.00. The molecule has 3 aromatic rings. The third-order valence-corrected chi connectivity index (χ3v) is 9.60. The number of fused-ring (bicyclic) bond motifs is 1. The van der Waals surface area contributed by atoms with Crippen molar-refractivity contribution >= 4 is 38.2 Å². The molecule has 3 aliphatic rings. The molecule has 2 aromatic carbocycles. The van der Waals surface area contributed by atoms with Gasteiger partial charge in [0.15, 0.2) is 0 Å². The smallest absolute Gasteiger partial charge is 0.335 e. The molecule has 2 fully saturated rings. The van der Waals surface area contributed by atoms with E-state index in [4.69, 9.17) is 4.74 Å². The third kappa shape index (κ3) is 6.48. The summed E-state index contributed by atoms with van der Waals surface area (Å²) >= 11 is 0. The molecule has 0 radical (unpaired) electrons. The maximum absolute atomic E-state index is 16.0. The number of aryl methyl sites for hydroxylation is 2. The zero-order chi connectivity index (χ0) is 31.7. The summed E-state index contributed by atoms with van der Waals surface area (Å²) in [6, 6.07) is 8.09. The lowest BCUT2D eigenvalue weighted by Crippen LogP contribution is -2.46. The average molecular weight is 634 g/mol. The largest absolute Gasteiger partial charge is 0.490 e. The molecule has 10 nitrogen and oxygen atoms in total. The number of halogens is 1. The lowest BCUT2D eigenvalue weighted by molar-refractivity contribution is 0.0491. The fourth-order valence-electron chi connectivity index (χ4n) is 6.21. The number of nitrogens with one attached hydrogen (secondary N) is 1. The summed E-state index contributed by atoms with van der Waals surface area (Å²) in [6.07, 6.45) is 8.31. The number of aliphatic imine (C=N–C) groups is 1. The minimum atomic E-state index is -2.72. The minimum Gasteiger partial charge on any atom is -0.490 e. The van der Waals surface area contributed by atoms with E-state index in [1.807, 2.05) is 13.8 Å². The Labute approximate surface area is 262 Å². The van der Waals surface area contributed by atoms with Gasteiger partial charge in [-0.05, 0) is 61.9 Å². The fourth-order valence-corrected chi connectivity index (χ4v) is 6.70. The molecular formula is C33H36FN5O5S. The zero-order valence-corrected chi connectivity index (χ0v) is 26.2. The molecule has 2 N–H and O–H groups in total. The number of carbonyl (C=O) groups is 1. The van der Waals surface area contributed by atoms with Crippen molar-refractivity contribution in [2.24, 2.45) is 4.99 Å². The quantitative estimate of drug-likeness (QED) is 0.325. The fraction of sp³-hybridized carbons (Fsp3) is 0.424. The van der Waals surface area contributed by atoms with E-state index in [-0.39, 0.29) is 40.0 Å². The molecule has 12 heteroatoms. The summed E-state index contributed by atoms with van der Waals surface area (Å²) in [5.74, 6) is -0.830. The number of carboxylic acids is 1. The molecule has 2 aliphatic heterocycles. The molecule has 0 amide bonds. The molecule has 3 heterocycles. The summed E-state index contributed by atoms with van der Waals surface area (Å²) < 4.78 is 46.8. The Kier molecular flexibility index (Phi) is 8.95. The van der Waals surface area contributed by atoms with E-state index in [2.05, 4.69) is 25.2 Å². The standard InChI is InChI=1S/C33H36FN5O5S/c1-3-27-25(17-36-30(4-2)38-27)19-14-26(34)31-28(15-19)35-18-29(45(42)43)32(31)37-21-12-20(33(40)41)13-24(16-21)44-23-8-10-39(11-9-23)22-6-5-7-22/h12-17,22-23,35H,3-11,18H2,1-2H3,(H,40,41). The van der Waals surface area contributed by atoms with E-state index >= 15 is 4.39 Å². The van der Waals surface area contributed by atoms with Crippen molar-refractivity contribution in [2.75, 3.05) is 25.0 Å². The molecular weight excluding hydrogens is 597 g/mol. The Morgan fingerprint density at radius 3 is 2.53 bits per heavy atom. The lowest BCUT2D eigenvalue weighted by Gasteiger charge is -2.41. The summed E-state index contributed by atoms with van der Waals surface area (Å²) in [4.78, 5) is 28.0. The van der Waals surface area contributed by atoms with Crippen LogP contribution < -0.4 is 10.1 Å². The first-order chi connectivity index (χ1) is 21.7. The highest BCUT2D eigenvalue weighted by molar-refractivity contribution is 7.75. The number of piperidine rings is 1. The van der Waals surface area contributed by atoms with Crippen LogP contribution in [0.2, 0.25) is 0 Å². The Balaban J connectivity index is 1.36.